The van der Waals surface area contributed by atoms with Crippen LogP contribution in [0.1, 0.15) is 45.1 Å². The molecule has 0 aliphatic rings. The summed E-state index contributed by atoms with van der Waals surface area (Å²) in [6.07, 6.45) is -9.04. The van der Waals surface area contributed by atoms with Crippen LogP contribution in [0.25, 0.3) is 0 Å². The zero-order chi connectivity index (χ0) is 39.5. The third-order valence-electron chi connectivity index (χ3n) is 6.18. The first kappa shape index (κ1) is 45.5. The Labute approximate surface area is 292 Å². The van der Waals surface area contributed by atoms with Crippen molar-refractivity contribution >= 4 is 65.1 Å². The lowest BCUT2D eigenvalue weighted by Crippen LogP contribution is -2.59. The van der Waals surface area contributed by atoms with E-state index in [1.165, 1.54) is 13.8 Å². The molecule has 0 saturated heterocycles. The highest BCUT2D eigenvalue weighted by atomic mass is 35.5. The van der Waals surface area contributed by atoms with Crippen molar-refractivity contribution in [3.63, 3.8) is 0 Å². The lowest BCUT2D eigenvalue weighted by atomic mass is 10.0. The van der Waals surface area contributed by atoms with Crippen molar-refractivity contribution in [3.8, 4) is 0 Å². The van der Waals surface area contributed by atoms with E-state index in [-0.39, 0.29) is 6.61 Å². The van der Waals surface area contributed by atoms with Crippen molar-refractivity contribution in [2.75, 3.05) is 5.88 Å². The molecule has 0 bridgehead atoms. The quantitative estimate of drug-likeness (QED) is 0.0900. The number of nitrogens with one attached hydrogen (secondary N) is 4. The summed E-state index contributed by atoms with van der Waals surface area (Å²) in [7, 11) is 0. The Balaban J connectivity index is 0.00000321. The molecule has 0 unspecified atom stereocenters. The molecule has 0 saturated carbocycles. The van der Waals surface area contributed by atoms with E-state index in [1.807, 2.05) is 0 Å². The zero-order valence-corrected chi connectivity index (χ0v) is 27.7. The second-order valence-corrected chi connectivity index (χ2v) is 10.9. The normalized spacial score (nSPS) is 13.1. The van der Waals surface area contributed by atoms with E-state index in [4.69, 9.17) is 36.5 Å². The van der Waals surface area contributed by atoms with Crippen LogP contribution in [0.5, 0.6) is 0 Å². The number of halogens is 4. The summed E-state index contributed by atoms with van der Waals surface area (Å²) in [6, 6.07) is 2.21. The highest BCUT2D eigenvalue weighted by Gasteiger charge is 2.38. The van der Waals surface area contributed by atoms with E-state index in [0.717, 1.165) is 0 Å². The Morgan fingerprint density at radius 2 is 1.22 bits per heavy atom. The van der Waals surface area contributed by atoms with E-state index in [2.05, 4.69) is 21.3 Å². The molecule has 1 aromatic rings. The number of carbonyl (C=O) groups is 9. The predicted octanol–water partition coefficient (Wildman–Crippen LogP) is 0.647. The van der Waals surface area contributed by atoms with Crippen LogP contribution in [0, 0.1) is 5.92 Å². The first-order valence-corrected chi connectivity index (χ1v) is 15.0. The lowest BCUT2D eigenvalue weighted by molar-refractivity contribution is -0.192. The molecule has 1 rings (SSSR count). The summed E-state index contributed by atoms with van der Waals surface area (Å²) in [5, 5.41) is 43.4. The van der Waals surface area contributed by atoms with Gasteiger partial charge < -0.3 is 46.4 Å². The van der Waals surface area contributed by atoms with Gasteiger partial charge in [0.2, 0.25) is 17.7 Å². The van der Waals surface area contributed by atoms with Crippen LogP contribution in [0.15, 0.2) is 30.3 Å². The number of Topliss-reactive ketones (excluding diaryl/α,β-unsaturated/α-hetero) is 1. The summed E-state index contributed by atoms with van der Waals surface area (Å²) in [5.74, 6) is -12.2. The number of carboxylic acids is 4. The second-order valence-electron chi connectivity index (χ2n) is 10.6. The van der Waals surface area contributed by atoms with Gasteiger partial charge in [-0.15, -0.1) is 11.6 Å². The topological polar surface area (TPSA) is 292 Å². The number of hydrogen-bond acceptors (Lipinski definition) is 10. The maximum atomic E-state index is 13.2. The van der Waals surface area contributed by atoms with Gasteiger partial charge in [0.05, 0.1) is 24.8 Å². The highest BCUT2D eigenvalue weighted by Crippen LogP contribution is 2.13. The molecule has 0 radical (unpaired) electrons. The van der Waals surface area contributed by atoms with Crippen LogP contribution in [-0.4, -0.2) is 110 Å². The van der Waals surface area contributed by atoms with Crippen LogP contribution >= 0.6 is 11.6 Å². The van der Waals surface area contributed by atoms with Crippen LogP contribution in [-0.2, 0) is 49.7 Å². The molecular weight excluding hydrogens is 721 g/mol. The van der Waals surface area contributed by atoms with E-state index in [1.54, 1.807) is 30.3 Å². The van der Waals surface area contributed by atoms with Gasteiger partial charge in [0.1, 0.15) is 24.7 Å². The molecule has 284 valence electrons. The first-order valence-electron chi connectivity index (χ1n) is 14.5. The van der Waals surface area contributed by atoms with Gasteiger partial charge in [-0.2, -0.15) is 13.2 Å². The molecule has 0 heterocycles. The maximum absolute atomic E-state index is 13.2. The third kappa shape index (κ3) is 19.3. The Morgan fingerprint density at radius 3 is 1.67 bits per heavy atom. The molecule has 8 N–H and O–H groups in total. The summed E-state index contributed by atoms with van der Waals surface area (Å²) in [4.78, 5) is 106. The molecule has 0 fully saturated rings. The van der Waals surface area contributed by atoms with Crippen LogP contribution in [0.3, 0.4) is 0 Å². The van der Waals surface area contributed by atoms with Crippen molar-refractivity contribution < 1.29 is 81.5 Å². The number of ether oxygens (including phenoxy) is 1. The fourth-order valence-electron chi connectivity index (χ4n) is 3.66. The molecule has 4 atom stereocenters. The largest absolute Gasteiger partial charge is 0.490 e. The van der Waals surface area contributed by atoms with Gasteiger partial charge in [-0.25, -0.2) is 9.59 Å². The number of hydrogen-bond donors (Lipinski definition) is 8. The smallest absolute Gasteiger partial charge is 0.481 e. The lowest BCUT2D eigenvalue weighted by Gasteiger charge is -2.27. The summed E-state index contributed by atoms with van der Waals surface area (Å²) in [6.45, 7) is 2.83. The molecule has 22 heteroatoms. The zero-order valence-electron chi connectivity index (χ0n) is 26.9. The number of carbonyl (C=O) groups excluding carboxylic acids is 5. The summed E-state index contributed by atoms with van der Waals surface area (Å²) in [5.41, 5.74) is 0.609. The fourth-order valence-corrected chi connectivity index (χ4v) is 3.85. The van der Waals surface area contributed by atoms with E-state index < -0.39 is 121 Å². The standard InChI is InChI=1S/C27H35ClN4O12.C2HF3O2/c1-14(2)23(26(42)30-17(10-21(36)37)19(33)12-28)32-24(40)16(8-9-20(34)35)29-25(41)18(11-22(38)39)31-27(43)44-13-15-6-4-3-5-7-15;3-2(4,5)1(6)7/h3-7,14,16-18,23H,8-13H2,1-2H3,(H,29,41)(H,30,42)(H,31,43)(H,32,40)(H,34,35)(H,36,37)(H,38,39);(H,6,7)/t16-,17-,18-,23-;/m0./s1. The first-order chi connectivity index (χ1) is 23.6. The number of alkyl halides is 4. The monoisotopic (exact) mass is 756 g/mol. The van der Waals surface area contributed by atoms with Crippen LogP contribution < -0.4 is 21.3 Å². The number of alkyl carbamates (subject to hydrolysis) is 1. The van der Waals surface area contributed by atoms with Gasteiger partial charge in [-0.05, 0) is 17.9 Å². The third-order valence-corrected chi connectivity index (χ3v) is 6.45. The van der Waals surface area contributed by atoms with Gasteiger partial charge in [0.25, 0.3) is 0 Å². The van der Waals surface area contributed by atoms with Crippen LogP contribution in [0.2, 0.25) is 0 Å². The minimum Gasteiger partial charge on any atom is -0.481 e. The molecule has 0 aromatic heterocycles. The molecular formula is C29H36ClF3N4O14. The van der Waals surface area contributed by atoms with Crippen LogP contribution in [0.4, 0.5) is 18.0 Å². The van der Waals surface area contributed by atoms with Gasteiger partial charge in [-0.1, -0.05) is 44.2 Å². The molecule has 0 aliphatic heterocycles. The highest BCUT2D eigenvalue weighted by molar-refractivity contribution is 6.28. The molecule has 1 aromatic carbocycles. The summed E-state index contributed by atoms with van der Waals surface area (Å²) < 4.78 is 36.8. The fraction of sp³-hybridized carbons (Fsp3) is 0.483. The minimum atomic E-state index is -5.08. The number of rotatable bonds is 19. The van der Waals surface area contributed by atoms with Crippen molar-refractivity contribution in [1.82, 2.24) is 21.3 Å². The van der Waals surface area contributed by atoms with Gasteiger partial charge in [-0.3, -0.25) is 33.6 Å². The van der Waals surface area contributed by atoms with E-state index in [0.29, 0.717) is 5.56 Å². The van der Waals surface area contributed by atoms with Gasteiger partial charge in [0, 0.05) is 6.42 Å². The van der Waals surface area contributed by atoms with Crippen molar-refractivity contribution in [2.45, 2.75) is 76.5 Å². The SMILES string of the molecule is CC(C)[C@H](NC(=O)[C@H](CCC(=O)O)NC(=O)[C@H](CC(=O)O)NC(=O)OCc1ccccc1)C(=O)N[C@@H](CC(=O)O)C(=O)CCl.O=C(O)C(F)(F)F. The average Bonchev–Trinajstić information content (AvgIpc) is 3.02. The number of benzene rings is 1. The van der Waals surface area contributed by atoms with Crippen molar-refractivity contribution in [3.05, 3.63) is 35.9 Å². The number of carboxylic acid groups (broad SMARTS) is 4. The minimum absolute atomic E-state index is 0.194. The Hall–Kier alpha value is -5.47. The van der Waals surface area contributed by atoms with E-state index in [9.17, 15) is 56.6 Å². The van der Waals surface area contributed by atoms with Crippen molar-refractivity contribution in [1.29, 1.82) is 0 Å². The Kier molecular flexibility index (Phi) is 19.9. The van der Waals surface area contributed by atoms with Crippen molar-refractivity contribution in [2.24, 2.45) is 5.92 Å². The molecule has 4 amide bonds. The number of aliphatic carboxylic acids is 4. The van der Waals surface area contributed by atoms with Gasteiger partial charge >= 0.3 is 36.1 Å². The number of ketones is 1. The Bertz CT molecular complexity index is 1410. The Morgan fingerprint density at radius 1 is 0.725 bits per heavy atom. The second kappa shape index (κ2) is 22.3. The summed E-state index contributed by atoms with van der Waals surface area (Å²) >= 11 is 5.50. The molecule has 18 nitrogen and oxygen atoms in total. The van der Waals surface area contributed by atoms with E-state index >= 15 is 0 Å². The average molecular weight is 757 g/mol. The maximum Gasteiger partial charge on any atom is 0.490 e. The predicted molar refractivity (Wildman–Crippen MR) is 165 cm³/mol. The van der Waals surface area contributed by atoms with Gasteiger partial charge in [0.15, 0.2) is 5.78 Å². The number of amides is 4. The molecule has 51 heavy (non-hydrogen) atoms. The molecule has 0 aliphatic carbocycles. The molecule has 0 spiro atoms.